The topological polar surface area (TPSA) is 33.3 Å². The zero-order valence-corrected chi connectivity index (χ0v) is 9.14. The highest BCUT2D eigenvalue weighted by atomic mass is 16.5. The molecule has 0 aromatic heterocycles. The van der Waals surface area contributed by atoms with Crippen LogP contribution >= 0.6 is 0 Å². The lowest BCUT2D eigenvalue weighted by Gasteiger charge is -2.40. The summed E-state index contributed by atoms with van der Waals surface area (Å²) in [6, 6.07) is 0. The van der Waals surface area contributed by atoms with E-state index < -0.39 is 0 Å². The molecule has 1 heterocycles. The largest absolute Gasteiger partial charge is 0.376 e. The highest BCUT2D eigenvalue weighted by Gasteiger charge is 2.30. The molecular formula is C11H22N2O. The van der Waals surface area contributed by atoms with Crippen LogP contribution in [0.1, 0.15) is 32.6 Å². The first-order chi connectivity index (χ1) is 6.79. The van der Waals surface area contributed by atoms with E-state index >= 15 is 0 Å². The maximum Gasteiger partial charge on any atom is 0.0712 e. The van der Waals surface area contributed by atoms with Crippen molar-refractivity contribution in [2.24, 2.45) is 0 Å². The van der Waals surface area contributed by atoms with Gasteiger partial charge in [-0.2, -0.15) is 0 Å². The second kappa shape index (κ2) is 4.60. The fourth-order valence-corrected chi connectivity index (χ4v) is 2.22. The molecule has 2 N–H and O–H groups in total. The van der Waals surface area contributed by atoms with Crippen LogP contribution in [0.5, 0.6) is 0 Å². The standard InChI is InChI=1S/C11H22N2O/c1-11(4-2-5-11)13-6-3-10-9-12-7-8-14-10/h10,12-13H,2-9H2,1H3. The van der Waals surface area contributed by atoms with Gasteiger partial charge in [-0.3, -0.25) is 0 Å². The van der Waals surface area contributed by atoms with Crippen LogP contribution in [0.15, 0.2) is 0 Å². The van der Waals surface area contributed by atoms with Gasteiger partial charge in [-0.1, -0.05) is 0 Å². The summed E-state index contributed by atoms with van der Waals surface area (Å²) in [6.07, 6.45) is 5.65. The predicted molar refractivity (Wildman–Crippen MR) is 57.5 cm³/mol. The van der Waals surface area contributed by atoms with Crippen LogP contribution in [-0.2, 0) is 4.74 Å². The SMILES string of the molecule is CC1(NCCC2CNCCO2)CCC1. The lowest BCUT2D eigenvalue weighted by molar-refractivity contribution is 0.0216. The Bertz CT molecular complexity index is 174. The van der Waals surface area contributed by atoms with Crippen molar-refractivity contribution in [3.05, 3.63) is 0 Å². The molecule has 1 atom stereocenters. The molecule has 3 nitrogen and oxygen atoms in total. The third kappa shape index (κ3) is 2.69. The first kappa shape index (κ1) is 10.4. The van der Waals surface area contributed by atoms with E-state index in [0.717, 1.165) is 32.7 Å². The van der Waals surface area contributed by atoms with Crippen molar-refractivity contribution in [2.45, 2.75) is 44.2 Å². The molecular weight excluding hydrogens is 176 g/mol. The zero-order valence-electron chi connectivity index (χ0n) is 9.14. The van der Waals surface area contributed by atoms with Gasteiger partial charge in [-0.05, 0) is 39.2 Å². The van der Waals surface area contributed by atoms with Gasteiger partial charge in [0.15, 0.2) is 0 Å². The van der Waals surface area contributed by atoms with Gasteiger partial charge in [0.2, 0.25) is 0 Å². The molecule has 1 aliphatic carbocycles. The van der Waals surface area contributed by atoms with Gasteiger partial charge in [-0.15, -0.1) is 0 Å². The van der Waals surface area contributed by atoms with Gasteiger partial charge in [0.25, 0.3) is 0 Å². The third-order valence-corrected chi connectivity index (χ3v) is 3.48. The third-order valence-electron chi connectivity index (χ3n) is 3.48. The molecule has 1 saturated carbocycles. The number of hydrogen-bond donors (Lipinski definition) is 2. The Labute approximate surface area is 86.6 Å². The zero-order chi connectivity index (χ0) is 9.86. The summed E-state index contributed by atoms with van der Waals surface area (Å²) in [4.78, 5) is 0. The normalized spacial score (nSPS) is 31.1. The Balaban J connectivity index is 1.57. The first-order valence-corrected chi connectivity index (χ1v) is 5.86. The molecule has 2 fully saturated rings. The lowest BCUT2D eigenvalue weighted by Crippen LogP contribution is -2.49. The molecule has 0 aromatic rings. The van der Waals surface area contributed by atoms with Gasteiger partial charge >= 0.3 is 0 Å². The Morgan fingerprint density at radius 3 is 2.93 bits per heavy atom. The molecule has 2 rings (SSSR count). The fraction of sp³-hybridized carbons (Fsp3) is 1.00. The average molecular weight is 198 g/mol. The van der Waals surface area contributed by atoms with Gasteiger partial charge in [0.1, 0.15) is 0 Å². The summed E-state index contributed by atoms with van der Waals surface area (Å²) in [5.74, 6) is 0. The predicted octanol–water partition coefficient (Wildman–Crippen LogP) is 0.897. The highest BCUT2D eigenvalue weighted by molar-refractivity contribution is 4.91. The van der Waals surface area contributed by atoms with E-state index in [9.17, 15) is 0 Å². The van der Waals surface area contributed by atoms with E-state index in [1.165, 1.54) is 19.3 Å². The molecule has 0 bridgehead atoms. The van der Waals surface area contributed by atoms with E-state index in [-0.39, 0.29) is 0 Å². The lowest BCUT2D eigenvalue weighted by atomic mass is 9.78. The van der Waals surface area contributed by atoms with Crippen molar-refractivity contribution in [3.63, 3.8) is 0 Å². The van der Waals surface area contributed by atoms with Crippen molar-refractivity contribution >= 4 is 0 Å². The van der Waals surface area contributed by atoms with E-state index in [1.807, 2.05) is 0 Å². The summed E-state index contributed by atoms with van der Waals surface area (Å²) in [5.41, 5.74) is 0.447. The Morgan fingerprint density at radius 2 is 2.36 bits per heavy atom. The summed E-state index contributed by atoms with van der Waals surface area (Å²) < 4.78 is 5.64. The van der Waals surface area contributed by atoms with Crippen LogP contribution in [0.2, 0.25) is 0 Å². The van der Waals surface area contributed by atoms with Crippen molar-refractivity contribution < 1.29 is 4.74 Å². The second-order valence-electron chi connectivity index (χ2n) is 4.83. The van der Waals surface area contributed by atoms with E-state index in [0.29, 0.717) is 11.6 Å². The molecule has 0 amide bonds. The number of morpholine rings is 1. The molecule has 0 aromatic carbocycles. The van der Waals surface area contributed by atoms with Gasteiger partial charge < -0.3 is 15.4 Å². The molecule has 2 aliphatic rings. The van der Waals surface area contributed by atoms with Crippen molar-refractivity contribution in [3.8, 4) is 0 Å². The molecule has 1 aliphatic heterocycles. The first-order valence-electron chi connectivity index (χ1n) is 5.86. The second-order valence-corrected chi connectivity index (χ2v) is 4.83. The molecule has 1 saturated heterocycles. The summed E-state index contributed by atoms with van der Waals surface area (Å²) in [5, 5.41) is 6.99. The molecule has 14 heavy (non-hydrogen) atoms. The summed E-state index contributed by atoms with van der Waals surface area (Å²) in [6.45, 7) is 6.35. The minimum absolute atomic E-state index is 0.430. The van der Waals surface area contributed by atoms with E-state index in [2.05, 4.69) is 17.6 Å². The Hall–Kier alpha value is -0.120. The molecule has 1 unspecified atom stereocenters. The highest BCUT2D eigenvalue weighted by Crippen LogP contribution is 2.30. The van der Waals surface area contributed by atoms with Crippen molar-refractivity contribution in [2.75, 3.05) is 26.2 Å². The van der Waals surface area contributed by atoms with Crippen LogP contribution in [0.4, 0.5) is 0 Å². The summed E-state index contributed by atoms with van der Waals surface area (Å²) in [7, 11) is 0. The maximum absolute atomic E-state index is 5.64. The number of nitrogens with one attached hydrogen (secondary N) is 2. The minimum Gasteiger partial charge on any atom is -0.376 e. The molecule has 3 heteroatoms. The van der Waals surface area contributed by atoms with Crippen LogP contribution in [0, 0.1) is 0 Å². The number of ether oxygens (including phenoxy) is 1. The Morgan fingerprint density at radius 1 is 1.50 bits per heavy atom. The number of rotatable bonds is 4. The van der Waals surface area contributed by atoms with Crippen molar-refractivity contribution in [1.29, 1.82) is 0 Å². The van der Waals surface area contributed by atoms with E-state index in [4.69, 9.17) is 4.74 Å². The van der Waals surface area contributed by atoms with E-state index in [1.54, 1.807) is 0 Å². The Kier molecular flexibility index (Phi) is 3.42. The van der Waals surface area contributed by atoms with Crippen molar-refractivity contribution in [1.82, 2.24) is 10.6 Å². The molecule has 82 valence electrons. The van der Waals surface area contributed by atoms with Crippen LogP contribution in [0.25, 0.3) is 0 Å². The molecule has 0 spiro atoms. The minimum atomic E-state index is 0.430. The van der Waals surface area contributed by atoms with Gasteiger partial charge in [-0.25, -0.2) is 0 Å². The summed E-state index contributed by atoms with van der Waals surface area (Å²) >= 11 is 0. The smallest absolute Gasteiger partial charge is 0.0712 e. The fourth-order valence-electron chi connectivity index (χ4n) is 2.22. The maximum atomic E-state index is 5.64. The van der Waals surface area contributed by atoms with Gasteiger partial charge in [0.05, 0.1) is 12.7 Å². The van der Waals surface area contributed by atoms with Crippen LogP contribution in [0.3, 0.4) is 0 Å². The van der Waals surface area contributed by atoms with Gasteiger partial charge in [0, 0.05) is 18.6 Å². The quantitative estimate of drug-likeness (QED) is 0.704. The van der Waals surface area contributed by atoms with Crippen LogP contribution in [-0.4, -0.2) is 37.9 Å². The average Bonchev–Trinajstić information content (AvgIpc) is 2.17. The van der Waals surface area contributed by atoms with Crippen LogP contribution < -0.4 is 10.6 Å². The molecule has 0 radical (unpaired) electrons. The monoisotopic (exact) mass is 198 g/mol. The number of hydrogen-bond acceptors (Lipinski definition) is 3.